The van der Waals surface area contributed by atoms with Gasteiger partial charge in [0, 0.05) is 12.6 Å². The number of carbonyl (C=O) groups excluding carboxylic acids is 1. The Labute approximate surface area is 122 Å². The SMILES string of the molecule is O=C([O-])C1CCN1C1CCN(CC(F)(F)F)CC1.[Li+]. The third kappa shape index (κ3) is 4.38. The van der Waals surface area contributed by atoms with E-state index in [9.17, 15) is 23.1 Å². The third-order valence-corrected chi connectivity index (χ3v) is 3.76. The molecule has 1 atom stereocenters. The fourth-order valence-electron chi connectivity index (χ4n) is 2.76. The first kappa shape index (κ1) is 16.8. The van der Waals surface area contributed by atoms with Gasteiger partial charge in [-0.15, -0.1) is 0 Å². The van der Waals surface area contributed by atoms with Gasteiger partial charge in [0.05, 0.1) is 18.6 Å². The second kappa shape index (κ2) is 6.49. The van der Waals surface area contributed by atoms with Crippen molar-refractivity contribution >= 4 is 5.97 Å². The minimum atomic E-state index is -4.16. The number of carboxylic acids is 1. The Kier molecular flexibility index (Phi) is 5.74. The molecule has 19 heavy (non-hydrogen) atoms. The quantitative estimate of drug-likeness (QED) is 0.509. The Morgan fingerprint density at radius 2 is 1.74 bits per heavy atom. The Hall–Kier alpha value is -0.223. The number of aliphatic carboxylic acids is 1. The Morgan fingerprint density at radius 3 is 2.11 bits per heavy atom. The van der Waals surface area contributed by atoms with Crippen LogP contribution in [0.1, 0.15) is 19.3 Å². The van der Waals surface area contributed by atoms with Crippen LogP contribution >= 0.6 is 0 Å². The number of alkyl halides is 3. The fraction of sp³-hybridized carbons (Fsp3) is 0.909. The van der Waals surface area contributed by atoms with E-state index in [0.29, 0.717) is 38.9 Å². The summed E-state index contributed by atoms with van der Waals surface area (Å²) in [4.78, 5) is 14.0. The molecule has 2 rings (SSSR count). The van der Waals surface area contributed by atoms with E-state index in [1.807, 2.05) is 4.90 Å². The maximum Gasteiger partial charge on any atom is 1.00 e. The fourth-order valence-corrected chi connectivity index (χ4v) is 2.76. The molecule has 0 saturated carbocycles. The second-order valence-corrected chi connectivity index (χ2v) is 4.98. The van der Waals surface area contributed by atoms with Crippen LogP contribution in [0.25, 0.3) is 0 Å². The van der Waals surface area contributed by atoms with Gasteiger partial charge in [0.2, 0.25) is 0 Å². The van der Waals surface area contributed by atoms with Crippen LogP contribution in [0.4, 0.5) is 13.2 Å². The van der Waals surface area contributed by atoms with Crippen molar-refractivity contribution in [3.05, 3.63) is 0 Å². The van der Waals surface area contributed by atoms with Gasteiger partial charge in [0.1, 0.15) is 0 Å². The predicted octanol–water partition coefficient (Wildman–Crippen LogP) is -3.16. The van der Waals surface area contributed by atoms with E-state index in [1.165, 1.54) is 4.90 Å². The van der Waals surface area contributed by atoms with Crippen LogP contribution in [0.5, 0.6) is 0 Å². The smallest absolute Gasteiger partial charge is 0.548 e. The molecule has 0 aromatic rings. The van der Waals surface area contributed by atoms with E-state index in [0.717, 1.165) is 0 Å². The van der Waals surface area contributed by atoms with Crippen molar-refractivity contribution in [3.8, 4) is 0 Å². The van der Waals surface area contributed by atoms with Crippen molar-refractivity contribution in [2.24, 2.45) is 0 Å². The van der Waals surface area contributed by atoms with Crippen LogP contribution in [-0.2, 0) is 4.79 Å². The molecule has 2 aliphatic heterocycles. The molecule has 0 aromatic heterocycles. The first-order valence-corrected chi connectivity index (χ1v) is 6.12. The Morgan fingerprint density at radius 1 is 1.16 bits per heavy atom. The zero-order valence-corrected chi connectivity index (χ0v) is 10.9. The van der Waals surface area contributed by atoms with Crippen LogP contribution < -0.4 is 24.0 Å². The molecule has 0 amide bonds. The van der Waals surface area contributed by atoms with Gasteiger partial charge in [-0.05, 0) is 32.4 Å². The summed E-state index contributed by atoms with van der Waals surface area (Å²) < 4.78 is 36.6. The number of carboxylic acid groups (broad SMARTS) is 1. The summed E-state index contributed by atoms with van der Waals surface area (Å²) in [6, 6.07) is -0.449. The van der Waals surface area contributed by atoms with Crippen molar-refractivity contribution in [1.29, 1.82) is 0 Å². The molecule has 0 N–H and O–H groups in total. The standard InChI is InChI=1S/C11H17F3N2O2.Li/c12-11(13,14)7-15-4-1-8(2-5-15)16-6-3-9(16)10(17)18;/h8-9H,1-7H2,(H,17,18);/q;+1/p-1. The number of carbonyl (C=O) groups is 1. The molecular weight excluding hydrogens is 256 g/mol. The van der Waals surface area contributed by atoms with Crippen molar-refractivity contribution in [2.75, 3.05) is 26.2 Å². The summed E-state index contributed by atoms with van der Waals surface area (Å²) in [5.74, 6) is -1.07. The number of nitrogens with zero attached hydrogens (tertiary/aromatic N) is 2. The van der Waals surface area contributed by atoms with Gasteiger partial charge in [0.15, 0.2) is 0 Å². The first-order valence-electron chi connectivity index (χ1n) is 6.12. The summed E-state index contributed by atoms with van der Waals surface area (Å²) >= 11 is 0. The van der Waals surface area contributed by atoms with E-state index in [-0.39, 0.29) is 24.9 Å². The molecule has 104 valence electrons. The van der Waals surface area contributed by atoms with Crippen LogP contribution in [0, 0.1) is 0 Å². The van der Waals surface area contributed by atoms with Gasteiger partial charge in [-0.1, -0.05) is 0 Å². The van der Waals surface area contributed by atoms with Crippen molar-refractivity contribution in [2.45, 2.75) is 37.5 Å². The van der Waals surface area contributed by atoms with Gasteiger partial charge >= 0.3 is 25.0 Å². The maximum absolute atomic E-state index is 12.2. The monoisotopic (exact) mass is 272 g/mol. The molecule has 0 aromatic carbocycles. The summed E-state index contributed by atoms with van der Waals surface area (Å²) in [5.41, 5.74) is 0. The molecule has 4 nitrogen and oxygen atoms in total. The van der Waals surface area contributed by atoms with E-state index in [2.05, 4.69) is 0 Å². The molecule has 2 fully saturated rings. The number of halogens is 3. The van der Waals surface area contributed by atoms with Gasteiger partial charge in [0.25, 0.3) is 0 Å². The summed E-state index contributed by atoms with van der Waals surface area (Å²) in [6.45, 7) is 0.590. The Bertz CT molecular complexity index is 320. The third-order valence-electron chi connectivity index (χ3n) is 3.76. The van der Waals surface area contributed by atoms with Gasteiger partial charge in [-0.2, -0.15) is 13.2 Å². The maximum atomic E-state index is 12.2. The van der Waals surface area contributed by atoms with Gasteiger partial charge < -0.3 is 9.90 Å². The number of hydrogen-bond donors (Lipinski definition) is 0. The van der Waals surface area contributed by atoms with E-state index in [1.54, 1.807) is 0 Å². The molecule has 0 spiro atoms. The van der Waals surface area contributed by atoms with Gasteiger partial charge in [-0.3, -0.25) is 9.80 Å². The van der Waals surface area contributed by atoms with Crippen LogP contribution in [0.2, 0.25) is 0 Å². The average Bonchev–Trinajstić information content (AvgIpc) is 2.16. The zero-order chi connectivity index (χ0) is 13.3. The number of piperidine rings is 1. The van der Waals surface area contributed by atoms with E-state index in [4.69, 9.17) is 0 Å². The second-order valence-electron chi connectivity index (χ2n) is 4.98. The number of hydrogen-bond acceptors (Lipinski definition) is 4. The van der Waals surface area contributed by atoms with Crippen LogP contribution in [-0.4, -0.2) is 60.2 Å². The van der Waals surface area contributed by atoms with E-state index >= 15 is 0 Å². The molecule has 0 aliphatic carbocycles. The van der Waals surface area contributed by atoms with E-state index < -0.39 is 24.7 Å². The molecule has 8 heteroatoms. The summed E-state index contributed by atoms with van der Waals surface area (Å²) in [5, 5.41) is 10.8. The molecule has 2 aliphatic rings. The minimum Gasteiger partial charge on any atom is -0.548 e. The minimum absolute atomic E-state index is 0. The predicted molar refractivity (Wildman–Crippen MR) is 55.6 cm³/mol. The van der Waals surface area contributed by atoms with Crippen LogP contribution in [0.3, 0.4) is 0 Å². The zero-order valence-electron chi connectivity index (χ0n) is 10.9. The summed E-state index contributed by atoms with van der Waals surface area (Å²) in [6.07, 6.45) is -2.37. The Balaban J connectivity index is 0.00000180. The van der Waals surface area contributed by atoms with Crippen LogP contribution in [0.15, 0.2) is 0 Å². The molecule has 1 unspecified atom stereocenters. The molecular formula is C11H16F3LiN2O2. The molecule has 2 saturated heterocycles. The van der Waals surface area contributed by atoms with Crippen molar-refractivity contribution in [3.63, 3.8) is 0 Å². The first-order chi connectivity index (χ1) is 8.37. The van der Waals surface area contributed by atoms with Gasteiger partial charge in [-0.25, -0.2) is 0 Å². The topological polar surface area (TPSA) is 46.6 Å². The van der Waals surface area contributed by atoms with Crippen molar-refractivity contribution < 1.29 is 41.9 Å². The molecule has 2 heterocycles. The molecule has 0 bridgehead atoms. The molecule has 0 radical (unpaired) electrons. The average molecular weight is 272 g/mol. The van der Waals surface area contributed by atoms with Crippen molar-refractivity contribution in [1.82, 2.24) is 9.80 Å². The normalized spacial score (nSPS) is 26.6. The number of rotatable bonds is 3. The largest absolute Gasteiger partial charge is 1.00 e. The summed E-state index contributed by atoms with van der Waals surface area (Å²) in [7, 11) is 0. The number of likely N-dealkylation sites (tertiary alicyclic amines) is 2.